The van der Waals surface area contributed by atoms with E-state index in [0.29, 0.717) is 18.0 Å². The first-order valence-corrected chi connectivity index (χ1v) is 5.00. The third-order valence-corrected chi connectivity index (χ3v) is 1.82. The van der Waals surface area contributed by atoms with Crippen LogP contribution in [0.3, 0.4) is 0 Å². The normalized spacial score (nSPS) is 9.12. The molecule has 0 fully saturated rings. The number of esters is 1. The van der Waals surface area contributed by atoms with Gasteiger partial charge in [-0.2, -0.15) is 0 Å². The average Bonchev–Trinajstić information content (AvgIpc) is 2.23. The number of nitrogen functional groups attached to an aromatic ring is 1. The minimum atomic E-state index is -0.325. The van der Waals surface area contributed by atoms with Gasteiger partial charge in [0, 0.05) is 6.20 Å². The summed E-state index contributed by atoms with van der Waals surface area (Å²) in [5.74, 6) is 5.57. The molecule has 0 unspecified atom stereocenters. The third-order valence-electron chi connectivity index (χ3n) is 1.82. The van der Waals surface area contributed by atoms with Gasteiger partial charge >= 0.3 is 5.97 Å². The van der Waals surface area contributed by atoms with Gasteiger partial charge < -0.3 is 10.5 Å². The van der Waals surface area contributed by atoms with Crippen molar-refractivity contribution < 1.29 is 9.53 Å². The number of nitrogens with two attached hydrogens (primary N) is 1. The predicted octanol–water partition coefficient (Wildman–Crippen LogP) is 1.28. The Labute approximate surface area is 94.8 Å². The van der Waals surface area contributed by atoms with E-state index < -0.39 is 0 Å². The second-order valence-electron chi connectivity index (χ2n) is 3.23. The van der Waals surface area contributed by atoms with Crippen molar-refractivity contribution in [3.8, 4) is 11.8 Å². The minimum absolute atomic E-state index is 0.0707. The Morgan fingerprint density at radius 3 is 3.06 bits per heavy atom. The van der Waals surface area contributed by atoms with Gasteiger partial charge in [-0.15, -0.1) is 0 Å². The zero-order valence-electron chi connectivity index (χ0n) is 9.41. The molecule has 1 heterocycles. The lowest BCUT2D eigenvalue weighted by Gasteiger charge is -1.98. The lowest BCUT2D eigenvalue weighted by atomic mass is 10.2. The van der Waals surface area contributed by atoms with E-state index in [1.54, 1.807) is 13.1 Å². The number of ether oxygens (including phenoxy) is 1. The summed E-state index contributed by atoms with van der Waals surface area (Å²) in [5, 5.41) is 0. The van der Waals surface area contributed by atoms with Crippen LogP contribution < -0.4 is 5.73 Å². The highest BCUT2D eigenvalue weighted by atomic mass is 16.5. The molecule has 1 aromatic heterocycles. The van der Waals surface area contributed by atoms with Crippen molar-refractivity contribution in [3.63, 3.8) is 0 Å². The van der Waals surface area contributed by atoms with E-state index in [2.05, 4.69) is 16.8 Å². The third kappa shape index (κ3) is 3.62. The molecule has 0 atom stereocenters. The van der Waals surface area contributed by atoms with Crippen molar-refractivity contribution in [1.29, 1.82) is 0 Å². The van der Waals surface area contributed by atoms with E-state index in [1.165, 1.54) is 0 Å². The molecule has 0 aliphatic carbocycles. The molecule has 0 amide bonds. The fourth-order valence-corrected chi connectivity index (χ4v) is 1.10. The lowest BCUT2D eigenvalue weighted by Crippen LogP contribution is -2.01. The predicted molar refractivity (Wildman–Crippen MR) is 61.5 cm³/mol. The van der Waals surface area contributed by atoms with Gasteiger partial charge in [0.15, 0.2) is 0 Å². The Bertz CT molecular complexity index is 444. The molecule has 84 valence electrons. The minimum Gasteiger partial charge on any atom is -0.465 e. The monoisotopic (exact) mass is 218 g/mol. The van der Waals surface area contributed by atoms with E-state index in [4.69, 9.17) is 10.5 Å². The summed E-state index contributed by atoms with van der Waals surface area (Å²) >= 11 is 0. The highest BCUT2D eigenvalue weighted by molar-refractivity contribution is 5.72. The summed E-state index contributed by atoms with van der Waals surface area (Å²) in [6.45, 7) is 4.03. The number of rotatable bonds is 2. The molecule has 0 radical (unpaired) electrons. The van der Waals surface area contributed by atoms with Gasteiger partial charge in [-0.1, -0.05) is 11.8 Å². The zero-order chi connectivity index (χ0) is 12.0. The molecule has 1 rings (SSSR count). The Morgan fingerprint density at radius 2 is 2.38 bits per heavy atom. The number of carbonyl (C=O) groups is 1. The molecular formula is C12H14N2O2. The van der Waals surface area contributed by atoms with Crippen LogP contribution in [0.5, 0.6) is 0 Å². The van der Waals surface area contributed by atoms with Gasteiger partial charge in [0.1, 0.15) is 12.2 Å². The highest BCUT2D eigenvalue weighted by Gasteiger charge is 1.98. The molecule has 0 spiro atoms. The zero-order valence-corrected chi connectivity index (χ0v) is 9.41. The Balaban J connectivity index is 2.69. The van der Waals surface area contributed by atoms with Crippen LogP contribution in [-0.4, -0.2) is 17.6 Å². The van der Waals surface area contributed by atoms with Crippen LogP contribution in [0.4, 0.5) is 5.82 Å². The fourth-order valence-electron chi connectivity index (χ4n) is 1.10. The molecule has 0 aliphatic heterocycles. The van der Waals surface area contributed by atoms with Crippen LogP contribution in [0, 0.1) is 18.8 Å². The quantitative estimate of drug-likeness (QED) is 0.599. The molecular weight excluding hydrogens is 204 g/mol. The summed E-state index contributed by atoms with van der Waals surface area (Å²) < 4.78 is 4.75. The molecule has 0 saturated heterocycles. The van der Waals surface area contributed by atoms with Crippen molar-refractivity contribution >= 4 is 11.8 Å². The summed E-state index contributed by atoms with van der Waals surface area (Å²) in [5.41, 5.74) is 7.26. The van der Waals surface area contributed by atoms with E-state index >= 15 is 0 Å². The van der Waals surface area contributed by atoms with Crippen LogP contribution >= 0.6 is 0 Å². The van der Waals surface area contributed by atoms with Crippen molar-refractivity contribution in [2.45, 2.75) is 20.3 Å². The van der Waals surface area contributed by atoms with Gasteiger partial charge in [-0.05, 0) is 25.5 Å². The smallest absolute Gasteiger partial charge is 0.317 e. The Hall–Kier alpha value is -2.02. The number of hydrogen-bond acceptors (Lipinski definition) is 4. The van der Waals surface area contributed by atoms with Crippen molar-refractivity contribution in [3.05, 3.63) is 23.4 Å². The first kappa shape index (κ1) is 12.1. The molecule has 4 nitrogen and oxygen atoms in total. The molecule has 2 N–H and O–H groups in total. The van der Waals surface area contributed by atoms with Gasteiger partial charge in [-0.3, -0.25) is 4.79 Å². The maximum Gasteiger partial charge on any atom is 0.317 e. The Kier molecular flexibility index (Phi) is 4.34. The standard InChI is InChI=1S/C12H14N2O2/c1-3-16-11(15)6-4-5-10-7-9(2)8-14-12(10)13/h7-8H,3,6H2,1-2H3,(H2,13,14). The summed E-state index contributed by atoms with van der Waals surface area (Å²) in [6, 6.07) is 1.83. The maximum atomic E-state index is 11.0. The molecule has 0 bridgehead atoms. The molecule has 0 aromatic carbocycles. The van der Waals surface area contributed by atoms with Crippen molar-refractivity contribution in [2.24, 2.45) is 0 Å². The number of aromatic nitrogens is 1. The highest BCUT2D eigenvalue weighted by Crippen LogP contribution is 2.08. The fraction of sp³-hybridized carbons (Fsp3) is 0.333. The average molecular weight is 218 g/mol. The van der Waals surface area contributed by atoms with Gasteiger partial charge in [0.2, 0.25) is 0 Å². The maximum absolute atomic E-state index is 11.0. The van der Waals surface area contributed by atoms with Crippen molar-refractivity contribution in [1.82, 2.24) is 4.98 Å². The first-order valence-electron chi connectivity index (χ1n) is 5.00. The number of pyridine rings is 1. The summed E-state index contributed by atoms with van der Waals surface area (Å²) in [7, 11) is 0. The number of carbonyl (C=O) groups excluding carboxylic acids is 1. The second kappa shape index (κ2) is 5.76. The van der Waals surface area contributed by atoms with Crippen LogP contribution in [0.2, 0.25) is 0 Å². The van der Waals surface area contributed by atoms with Crippen LogP contribution in [-0.2, 0) is 9.53 Å². The first-order chi connectivity index (χ1) is 7.63. The van der Waals surface area contributed by atoms with Crippen molar-refractivity contribution in [2.75, 3.05) is 12.3 Å². The van der Waals surface area contributed by atoms with Crippen LogP contribution in [0.1, 0.15) is 24.5 Å². The summed E-state index contributed by atoms with van der Waals surface area (Å²) in [4.78, 5) is 15.0. The van der Waals surface area contributed by atoms with Gasteiger partial charge in [0.25, 0.3) is 0 Å². The molecule has 0 saturated carbocycles. The van der Waals surface area contributed by atoms with Crippen LogP contribution in [0.15, 0.2) is 12.3 Å². The van der Waals surface area contributed by atoms with Gasteiger partial charge in [-0.25, -0.2) is 4.98 Å². The lowest BCUT2D eigenvalue weighted by molar-refractivity contribution is -0.141. The number of anilines is 1. The number of hydrogen-bond donors (Lipinski definition) is 1. The Morgan fingerprint density at radius 1 is 1.62 bits per heavy atom. The van der Waals surface area contributed by atoms with Gasteiger partial charge in [0.05, 0.1) is 12.2 Å². The number of nitrogens with zero attached hydrogens (tertiary/aromatic N) is 1. The van der Waals surface area contributed by atoms with E-state index in [9.17, 15) is 4.79 Å². The largest absolute Gasteiger partial charge is 0.465 e. The number of aryl methyl sites for hydroxylation is 1. The molecule has 1 aromatic rings. The summed E-state index contributed by atoms with van der Waals surface area (Å²) in [6.07, 6.45) is 1.74. The second-order valence-corrected chi connectivity index (χ2v) is 3.23. The van der Waals surface area contributed by atoms with Crippen LogP contribution in [0.25, 0.3) is 0 Å². The van der Waals surface area contributed by atoms with E-state index in [-0.39, 0.29) is 12.4 Å². The topological polar surface area (TPSA) is 65.2 Å². The van der Waals surface area contributed by atoms with E-state index in [0.717, 1.165) is 5.56 Å². The van der Waals surface area contributed by atoms with E-state index in [1.807, 2.05) is 13.0 Å². The SMILES string of the molecule is CCOC(=O)CC#Cc1cc(C)cnc1N. The molecule has 0 aliphatic rings. The molecule has 16 heavy (non-hydrogen) atoms. The molecule has 4 heteroatoms.